The molecule has 1 unspecified atom stereocenters. The summed E-state index contributed by atoms with van der Waals surface area (Å²) in [6, 6.07) is 14.4. The first-order valence-corrected chi connectivity index (χ1v) is 11.6. The normalized spacial score (nSPS) is 16.3. The molecular formula is C26H30N2O5. The molecule has 0 bridgehead atoms. The lowest BCUT2D eigenvalue weighted by Crippen LogP contribution is -2.52. The molecule has 7 heteroatoms. The van der Waals surface area contributed by atoms with Gasteiger partial charge in [-0.3, -0.25) is 4.79 Å². The van der Waals surface area contributed by atoms with Crippen LogP contribution in [0.2, 0.25) is 0 Å². The van der Waals surface area contributed by atoms with Crippen molar-refractivity contribution in [3.8, 4) is 11.1 Å². The molecular weight excluding hydrogens is 420 g/mol. The number of carboxylic acid groups (broad SMARTS) is 1. The molecule has 1 saturated carbocycles. The molecule has 0 heterocycles. The fourth-order valence-corrected chi connectivity index (χ4v) is 4.52. The number of carbonyl (C=O) groups is 3. The topological polar surface area (TPSA) is 105 Å². The van der Waals surface area contributed by atoms with Crippen LogP contribution in [0.5, 0.6) is 0 Å². The molecule has 2 aliphatic carbocycles. The number of carbonyl (C=O) groups excluding carboxylic acids is 2. The second-order valence-electron chi connectivity index (χ2n) is 8.89. The third-order valence-electron chi connectivity index (χ3n) is 6.41. The van der Waals surface area contributed by atoms with Crippen molar-refractivity contribution in [2.75, 3.05) is 6.61 Å². The summed E-state index contributed by atoms with van der Waals surface area (Å²) in [7, 11) is 0. The fraction of sp³-hybridized carbons (Fsp3) is 0.423. The molecule has 33 heavy (non-hydrogen) atoms. The van der Waals surface area contributed by atoms with Crippen molar-refractivity contribution in [3.63, 3.8) is 0 Å². The van der Waals surface area contributed by atoms with E-state index in [-0.39, 0.29) is 12.5 Å². The lowest BCUT2D eigenvalue weighted by atomic mass is 9.98. The SMILES string of the molecule is CCC[C@@H](NC(=O)C(CC1CC1)NC(=O)OCC1c2ccccc2-c2ccccc21)C(=O)O. The van der Waals surface area contributed by atoms with Gasteiger partial charge in [0.2, 0.25) is 5.91 Å². The van der Waals surface area contributed by atoms with Crippen molar-refractivity contribution in [1.82, 2.24) is 10.6 Å². The van der Waals surface area contributed by atoms with E-state index < -0.39 is 30.1 Å². The van der Waals surface area contributed by atoms with Crippen LogP contribution in [0, 0.1) is 5.92 Å². The van der Waals surface area contributed by atoms with Crippen LogP contribution in [0.25, 0.3) is 11.1 Å². The minimum Gasteiger partial charge on any atom is -0.480 e. The van der Waals surface area contributed by atoms with E-state index in [0.29, 0.717) is 25.2 Å². The van der Waals surface area contributed by atoms with E-state index in [4.69, 9.17) is 4.74 Å². The number of rotatable bonds is 10. The molecule has 3 N–H and O–H groups in total. The van der Waals surface area contributed by atoms with E-state index in [1.54, 1.807) is 0 Å². The van der Waals surface area contributed by atoms with Crippen molar-refractivity contribution in [2.24, 2.45) is 5.92 Å². The van der Waals surface area contributed by atoms with E-state index in [1.165, 1.54) is 0 Å². The van der Waals surface area contributed by atoms with Crippen LogP contribution in [0.4, 0.5) is 4.79 Å². The number of ether oxygens (including phenoxy) is 1. The summed E-state index contributed by atoms with van der Waals surface area (Å²) >= 11 is 0. The maximum atomic E-state index is 12.8. The number of fused-ring (bicyclic) bond motifs is 3. The van der Waals surface area contributed by atoms with E-state index in [1.807, 2.05) is 43.3 Å². The molecule has 0 aliphatic heterocycles. The first-order valence-electron chi connectivity index (χ1n) is 11.6. The standard InChI is InChI=1S/C26H30N2O5/c1-2-7-22(25(30)31)27-24(29)23(14-16-12-13-16)28-26(32)33-15-21-19-10-5-3-8-17(19)18-9-4-6-11-20(18)21/h3-6,8-11,16,21-23H,2,7,12-15H2,1H3,(H,27,29)(H,28,32)(H,30,31)/t22-,23?/m1/s1. The number of hydrogen-bond acceptors (Lipinski definition) is 4. The Hall–Kier alpha value is -3.35. The minimum atomic E-state index is -1.07. The largest absolute Gasteiger partial charge is 0.480 e. The van der Waals surface area contributed by atoms with Gasteiger partial charge in [-0.15, -0.1) is 0 Å². The highest BCUT2D eigenvalue weighted by atomic mass is 16.5. The number of aliphatic carboxylic acids is 1. The van der Waals surface area contributed by atoms with Gasteiger partial charge in [0.1, 0.15) is 18.7 Å². The zero-order valence-corrected chi connectivity index (χ0v) is 18.8. The summed E-state index contributed by atoms with van der Waals surface area (Å²) in [4.78, 5) is 36.9. The molecule has 7 nitrogen and oxygen atoms in total. The maximum absolute atomic E-state index is 12.8. The molecule has 2 aromatic rings. The molecule has 4 rings (SSSR count). The van der Waals surface area contributed by atoms with E-state index in [2.05, 4.69) is 22.8 Å². The average Bonchev–Trinajstić information content (AvgIpc) is 3.57. The van der Waals surface area contributed by atoms with Crippen molar-refractivity contribution in [1.29, 1.82) is 0 Å². The third kappa shape index (κ3) is 5.35. The van der Waals surface area contributed by atoms with E-state index >= 15 is 0 Å². The predicted octanol–water partition coefficient (Wildman–Crippen LogP) is 4.06. The second kappa shape index (κ2) is 10.1. The summed E-state index contributed by atoms with van der Waals surface area (Å²) < 4.78 is 5.58. The van der Waals surface area contributed by atoms with Crippen LogP contribution >= 0.6 is 0 Å². The summed E-state index contributed by atoms with van der Waals surface area (Å²) in [6.45, 7) is 2.02. The van der Waals surface area contributed by atoms with Crippen molar-refractivity contribution in [3.05, 3.63) is 59.7 Å². The highest BCUT2D eigenvalue weighted by molar-refractivity contribution is 5.89. The van der Waals surface area contributed by atoms with Crippen LogP contribution in [-0.4, -0.2) is 41.8 Å². The van der Waals surface area contributed by atoms with E-state index in [9.17, 15) is 19.5 Å². The Morgan fingerprint density at radius 3 is 2.12 bits per heavy atom. The fourth-order valence-electron chi connectivity index (χ4n) is 4.52. The van der Waals surface area contributed by atoms with Crippen LogP contribution in [0.3, 0.4) is 0 Å². The lowest BCUT2D eigenvalue weighted by Gasteiger charge is -2.22. The summed E-state index contributed by atoms with van der Waals surface area (Å²) in [5.74, 6) is -1.25. The molecule has 0 saturated heterocycles. The Labute approximate surface area is 193 Å². The van der Waals surface area contributed by atoms with Gasteiger partial charge in [-0.2, -0.15) is 0 Å². The first kappa shape index (κ1) is 22.8. The monoisotopic (exact) mass is 450 g/mol. The first-order chi connectivity index (χ1) is 16.0. The van der Waals surface area contributed by atoms with Crippen LogP contribution in [0.1, 0.15) is 56.1 Å². The van der Waals surface area contributed by atoms with Gasteiger partial charge in [0, 0.05) is 5.92 Å². The number of amides is 2. The molecule has 174 valence electrons. The number of alkyl carbamates (subject to hydrolysis) is 1. The van der Waals surface area contributed by atoms with Gasteiger partial charge in [-0.05, 0) is 41.0 Å². The van der Waals surface area contributed by atoms with Gasteiger partial charge in [-0.1, -0.05) is 74.7 Å². The number of benzene rings is 2. The van der Waals surface area contributed by atoms with Gasteiger partial charge in [0.25, 0.3) is 0 Å². The molecule has 0 aromatic heterocycles. The molecule has 2 aromatic carbocycles. The quantitative estimate of drug-likeness (QED) is 0.506. The smallest absolute Gasteiger partial charge is 0.407 e. The second-order valence-corrected chi connectivity index (χ2v) is 8.89. The zero-order valence-electron chi connectivity index (χ0n) is 18.8. The third-order valence-corrected chi connectivity index (χ3v) is 6.41. The number of hydrogen-bond donors (Lipinski definition) is 3. The summed E-state index contributed by atoms with van der Waals surface area (Å²) in [5, 5.41) is 14.6. The molecule has 1 fully saturated rings. The number of carboxylic acids is 1. The average molecular weight is 451 g/mol. The summed E-state index contributed by atoms with van der Waals surface area (Å²) in [6.07, 6.45) is 2.79. The Morgan fingerprint density at radius 2 is 1.58 bits per heavy atom. The minimum absolute atomic E-state index is 0.0696. The predicted molar refractivity (Wildman–Crippen MR) is 124 cm³/mol. The van der Waals surface area contributed by atoms with Crippen LogP contribution in [-0.2, 0) is 14.3 Å². The Bertz CT molecular complexity index is 987. The van der Waals surface area contributed by atoms with Gasteiger partial charge in [0.15, 0.2) is 0 Å². The maximum Gasteiger partial charge on any atom is 0.407 e. The molecule has 0 radical (unpaired) electrons. The highest BCUT2D eigenvalue weighted by Gasteiger charge is 2.33. The Kier molecular flexibility index (Phi) is 6.96. The Balaban J connectivity index is 1.40. The highest BCUT2D eigenvalue weighted by Crippen LogP contribution is 2.44. The van der Waals surface area contributed by atoms with Crippen molar-refractivity contribution in [2.45, 2.75) is 57.0 Å². The van der Waals surface area contributed by atoms with Gasteiger partial charge < -0.3 is 20.5 Å². The summed E-state index contributed by atoms with van der Waals surface area (Å²) in [5.41, 5.74) is 4.51. The number of nitrogens with one attached hydrogen (secondary N) is 2. The van der Waals surface area contributed by atoms with E-state index in [0.717, 1.165) is 35.1 Å². The Morgan fingerprint density at radius 1 is 0.970 bits per heavy atom. The van der Waals surface area contributed by atoms with Crippen LogP contribution in [0.15, 0.2) is 48.5 Å². The molecule has 2 aliphatic rings. The van der Waals surface area contributed by atoms with Crippen molar-refractivity contribution >= 4 is 18.0 Å². The van der Waals surface area contributed by atoms with Gasteiger partial charge in [0.05, 0.1) is 0 Å². The van der Waals surface area contributed by atoms with Gasteiger partial charge >= 0.3 is 12.1 Å². The van der Waals surface area contributed by atoms with Crippen molar-refractivity contribution < 1.29 is 24.2 Å². The van der Waals surface area contributed by atoms with Crippen LogP contribution < -0.4 is 10.6 Å². The molecule has 2 atom stereocenters. The van der Waals surface area contributed by atoms with Gasteiger partial charge in [-0.25, -0.2) is 9.59 Å². The molecule has 0 spiro atoms. The zero-order chi connectivity index (χ0) is 23.4. The molecule has 2 amide bonds. The lowest BCUT2D eigenvalue weighted by molar-refractivity contribution is -0.142.